The molecular weight excluding hydrogens is 378 g/mol. The van der Waals surface area contributed by atoms with Gasteiger partial charge in [0.15, 0.2) is 0 Å². The first-order valence-electron chi connectivity index (χ1n) is 9.59. The number of aliphatic hydroxyl groups excluding tert-OH is 1. The number of ketones is 1. The number of rotatable bonds is 4. The van der Waals surface area contributed by atoms with Crippen LogP contribution in [0, 0.1) is 6.92 Å². The predicted molar refractivity (Wildman–Crippen MR) is 115 cm³/mol. The number of Topliss-reactive ketones (excluding diaryl/α,β-unsaturated/α-hetero) is 1. The number of methoxy groups -OCH3 is 1. The lowest BCUT2D eigenvalue weighted by Gasteiger charge is -2.26. The minimum atomic E-state index is -0.817. The fourth-order valence-corrected chi connectivity index (χ4v) is 3.81. The second-order valence-electron chi connectivity index (χ2n) is 7.12. The Morgan fingerprint density at radius 1 is 0.933 bits per heavy atom. The van der Waals surface area contributed by atoms with Crippen LogP contribution in [0.15, 0.2) is 84.4 Å². The van der Waals surface area contributed by atoms with Crippen LogP contribution in [0.3, 0.4) is 0 Å². The third-order valence-corrected chi connectivity index (χ3v) is 5.20. The number of para-hydroxylation sites is 1. The molecule has 4 rings (SSSR count). The zero-order valence-electron chi connectivity index (χ0n) is 16.7. The Bertz CT molecular complexity index is 1150. The van der Waals surface area contributed by atoms with E-state index in [1.54, 1.807) is 42.5 Å². The Balaban J connectivity index is 2.00. The molecule has 0 bridgehead atoms. The van der Waals surface area contributed by atoms with Gasteiger partial charge in [-0.3, -0.25) is 14.5 Å². The fraction of sp³-hybridized carbons (Fsp3) is 0.120. The quantitative estimate of drug-likeness (QED) is 0.395. The van der Waals surface area contributed by atoms with Crippen molar-refractivity contribution in [3.05, 3.63) is 101 Å². The summed E-state index contributed by atoms with van der Waals surface area (Å²) in [6.07, 6.45) is 0. The van der Waals surface area contributed by atoms with E-state index in [1.807, 2.05) is 43.3 Å². The highest BCUT2D eigenvalue weighted by molar-refractivity contribution is 6.51. The Kier molecular flexibility index (Phi) is 5.11. The highest BCUT2D eigenvalue weighted by Crippen LogP contribution is 2.44. The van der Waals surface area contributed by atoms with Crippen LogP contribution >= 0.6 is 0 Å². The zero-order valence-corrected chi connectivity index (χ0v) is 16.7. The van der Waals surface area contributed by atoms with Gasteiger partial charge in [0.2, 0.25) is 0 Å². The second kappa shape index (κ2) is 7.87. The molecule has 150 valence electrons. The van der Waals surface area contributed by atoms with Gasteiger partial charge in [0.1, 0.15) is 11.5 Å². The molecule has 0 aromatic heterocycles. The Morgan fingerprint density at radius 2 is 1.63 bits per heavy atom. The van der Waals surface area contributed by atoms with Gasteiger partial charge in [-0.25, -0.2) is 0 Å². The van der Waals surface area contributed by atoms with Gasteiger partial charge in [0.05, 0.1) is 18.7 Å². The van der Waals surface area contributed by atoms with Crippen molar-refractivity contribution in [2.24, 2.45) is 0 Å². The highest BCUT2D eigenvalue weighted by Gasteiger charge is 2.47. The maximum atomic E-state index is 13.1. The van der Waals surface area contributed by atoms with Crippen LogP contribution in [-0.4, -0.2) is 23.9 Å². The molecule has 5 heteroatoms. The van der Waals surface area contributed by atoms with E-state index in [1.165, 1.54) is 12.0 Å². The van der Waals surface area contributed by atoms with Crippen molar-refractivity contribution in [3.8, 4) is 5.75 Å². The number of benzene rings is 3. The first-order valence-corrected chi connectivity index (χ1v) is 9.59. The summed E-state index contributed by atoms with van der Waals surface area (Å²) in [5.74, 6) is -1.09. The van der Waals surface area contributed by atoms with Crippen LogP contribution in [0.5, 0.6) is 5.75 Å². The van der Waals surface area contributed by atoms with Gasteiger partial charge in [-0.15, -0.1) is 0 Å². The summed E-state index contributed by atoms with van der Waals surface area (Å²) in [5, 5.41) is 11.1. The van der Waals surface area contributed by atoms with Crippen molar-refractivity contribution in [1.82, 2.24) is 0 Å². The van der Waals surface area contributed by atoms with Gasteiger partial charge in [-0.2, -0.15) is 0 Å². The predicted octanol–water partition coefficient (Wildman–Crippen LogP) is 4.63. The van der Waals surface area contributed by atoms with Gasteiger partial charge in [-0.1, -0.05) is 60.7 Å². The molecule has 0 aliphatic carbocycles. The summed E-state index contributed by atoms with van der Waals surface area (Å²) in [5.41, 5.74) is 2.67. The lowest BCUT2D eigenvalue weighted by Crippen LogP contribution is -2.29. The highest BCUT2D eigenvalue weighted by atomic mass is 16.5. The van der Waals surface area contributed by atoms with Crippen LogP contribution in [0.1, 0.15) is 22.7 Å². The monoisotopic (exact) mass is 399 g/mol. The molecule has 1 fully saturated rings. The van der Waals surface area contributed by atoms with Crippen LogP contribution in [0.4, 0.5) is 5.69 Å². The minimum Gasteiger partial charge on any atom is -0.507 e. The second-order valence-corrected chi connectivity index (χ2v) is 7.12. The number of aliphatic hydroxyl groups is 1. The van der Waals surface area contributed by atoms with Crippen LogP contribution < -0.4 is 9.64 Å². The van der Waals surface area contributed by atoms with Gasteiger partial charge in [0.25, 0.3) is 11.7 Å². The molecule has 1 N–H and O–H groups in total. The standard InChI is InChI=1S/C25H21NO4/c1-16-9-8-12-18(15-16)26-22(19-13-6-7-14-20(19)30-2)21(24(28)25(26)29)23(27)17-10-4-3-5-11-17/h3-15,22,27H,1-2H3/b23-21+/t22-/m0/s1. The molecule has 30 heavy (non-hydrogen) atoms. The van der Waals surface area contributed by atoms with Gasteiger partial charge in [0, 0.05) is 16.8 Å². The van der Waals surface area contributed by atoms with Crippen molar-refractivity contribution in [2.45, 2.75) is 13.0 Å². The van der Waals surface area contributed by atoms with Crippen LogP contribution in [-0.2, 0) is 9.59 Å². The maximum Gasteiger partial charge on any atom is 0.300 e. The Labute approximate surface area is 174 Å². The van der Waals surface area contributed by atoms with Crippen molar-refractivity contribution >= 4 is 23.1 Å². The van der Waals surface area contributed by atoms with Crippen LogP contribution in [0.2, 0.25) is 0 Å². The van der Waals surface area contributed by atoms with Crippen molar-refractivity contribution in [1.29, 1.82) is 0 Å². The molecule has 0 spiro atoms. The number of aryl methyl sites for hydroxylation is 1. The molecule has 0 radical (unpaired) electrons. The summed E-state index contributed by atoms with van der Waals surface area (Å²) < 4.78 is 5.52. The van der Waals surface area contributed by atoms with E-state index >= 15 is 0 Å². The molecule has 3 aromatic rings. The minimum absolute atomic E-state index is 0.0391. The molecule has 1 atom stereocenters. The number of nitrogens with zero attached hydrogens (tertiary/aromatic N) is 1. The molecule has 1 aliphatic rings. The van der Waals surface area contributed by atoms with Crippen molar-refractivity contribution < 1.29 is 19.4 Å². The van der Waals surface area contributed by atoms with Crippen molar-refractivity contribution in [3.63, 3.8) is 0 Å². The SMILES string of the molecule is COc1ccccc1[C@H]1/C(=C(\O)c2ccccc2)C(=O)C(=O)N1c1cccc(C)c1. The van der Waals surface area contributed by atoms with E-state index < -0.39 is 17.7 Å². The van der Waals surface area contributed by atoms with E-state index in [0.29, 0.717) is 22.6 Å². The van der Waals surface area contributed by atoms with Crippen molar-refractivity contribution in [2.75, 3.05) is 12.0 Å². The number of carbonyl (C=O) groups is 2. The van der Waals surface area contributed by atoms with E-state index in [-0.39, 0.29) is 11.3 Å². The number of carbonyl (C=O) groups excluding carboxylic acids is 2. The smallest absolute Gasteiger partial charge is 0.300 e. The summed E-state index contributed by atoms with van der Waals surface area (Å²) in [6.45, 7) is 1.92. The van der Waals surface area contributed by atoms with E-state index in [4.69, 9.17) is 4.74 Å². The molecular formula is C25H21NO4. The third kappa shape index (κ3) is 3.24. The largest absolute Gasteiger partial charge is 0.507 e. The number of amides is 1. The lowest BCUT2D eigenvalue weighted by atomic mass is 9.94. The number of hydrogen-bond acceptors (Lipinski definition) is 4. The van der Waals surface area contributed by atoms with E-state index in [2.05, 4.69) is 0 Å². The molecule has 5 nitrogen and oxygen atoms in total. The summed E-state index contributed by atoms with van der Waals surface area (Å²) in [4.78, 5) is 27.7. The summed E-state index contributed by atoms with van der Waals surface area (Å²) >= 11 is 0. The number of hydrogen-bond donors (Lipinski definition) is 1. The first kappa shape index (κ1) is 19.5. The lowest BCUT2D eigenvalue weighted by molar-refractivity contribution is -0.132. The molecule has 1 heterocycles. The Morgan fingerprint density at radius 3 is 2.33 bits per heavy atom. The van der Waals surface area contributed by atoms with Crippen LogP contribution in [0.25, 0.3) is 5.76 Å². The molecule has 1 amide bonds. The first-order chi connectivity index (χ1) is 14.5. The molecule has 1 saturated heterocycles. The van der Waals surface area contributed by atoms with Gasteiger partial charge in [-0.05, 0) is 30.7 Å². The van der Waals surface area contributed by atoms with E-state index in [0.717, 1.165) is 5.56 Å². The average molecular weight is 399 g/mol. The molecule has 3 aromatic carbocycles. The molecule has 0 unspecified atom stereocenters. The average Bonchev–Trinajstić information content (AvgIpc) is 3.04. The Hall–Kier alpha value is -3.86. The molecule has 1 aliphatic heterocycles. The fourth-order valence-electron chi connectivity index (χ4n) is 3.81. The normalized spacial score (nSPS) is 17.9. The maximum absolute atomic E-state index is 13.1. The summed E-state index contributed by atoms with van der Waals surface area (Å²) in [6, 6.07) is 22.5. The number of ether oxygens (including phenoxy) is 1. The topological polar surface area (TPSA) is 66.8 Å². The van der Waals surface area contributed by atoms with Gasteiger partial charge >= 0.3 is 0 Å². The zero-order chi connectivity index (χ0) is 21.3. The van der Waals surface area contributed by atoms with E-state index in [9.17, 15) is 14.7 Å². The summed E-state index contributed by atoms with van der Waals surface area (Å²) in [7, 11) is 1.54. The number of anilines is 1. The third-order valence-electron chi connectivity index (χ3n) is 5.20. The molecule has 0 saturated carbocycles. The van der Waals surface area contributed by atoms with Gasteiger partial charge < -0.3 is 9.84 Å².